The Kier molecular flexibility index (Phi) is 3.75. The molecule has 0 aliphatic heterocycles. The van der Waals surface area contributed by atoms with E-state index in [9.17, 15) is 0 Å². The summed E-state index contributed by atoms with van der Waals surface area (Å²) in [6, 6.07) is 2.68. The minimum absolute atomic E-state index is 0.498. The lowest BCUT2D eigenvalue weighted by molar-refractivity contribution is 0.585. The van der Waals surface area contributed by atoms with E-state index >= 15 is 0 Å². The van der Waals surface area contributed by atoms with E-state index in [0.29, 0.717) is 6.04 Å². The fourth-order valence-corrected chi connectivity index (χ4v) is 3.38. The van der Waals surface area contributed by atoms with E-state index in [2.05, 4.69) is 41.2 Å². The maximum Gasteiger partial charge on any atom is 0.0421 e. The summed E-state index contributed by atoms with van der Waals surface area (Å²) in [7, 11) is 2.01. The summed E-state index contributed by atoms with van der Waals surface area (Å²) in [5.41, 5.74) is 0. The van der Waals surface area contributed by atoms with Crippen LogP contribution in [0.2, 0.25) is 0 Å². The Labute approximate surface area is 86.3 Å². The quantitative estimate of drug-likeness (QED) is 0.863. The number of hydrogen-bond donors (Lipinski definition) is 1. The molecule has 0 aromatic carbocycles. The van der Waals surface area contributed by atoms with Gasteiger partial charge in [0.05, 0.1) is 0 Å². The van der Waals surface area contributed by atoms with E-state index in [4.69, 9.17) is 0 Å². The monoisotopic (exact) mass is 247 g/mol. The molecule has 68 valence electrons. The van der Waals surface area contributed by atoms with Crippen molar-refractivity contribution >= 4 is 27.3 Å². The number of rotatable bonds is 3. The van der Waals surface area contributed by atoms with Crippen LogP contribution in [0.3, 0.4) is 0 Å². The molecule has 0 aliphatic rings. The molecule has 1 rings (SSSR count). The third-order valence-electron chi connectivity index (χ3n) is 1.91. The first-order valence-corrected chi connectivity index (χ1v) is 5.73. The second-order valence-electron chi connectivity index (χ2n) is 2.82. The van der Waals surface area contributed by atoms with Gasteiger partial charge < -0.3 is 5.32 Å². The Morgan fingerprint density at radius 3 is 2.67 bits per heavy atom. The lowest BCUT2D eigenvalue weighted by atomic mass is 10.2. The number of thiophene rings is 1. The Morgan fingerprint density at radius 1 is 1.67 bits per heavy atom. The van der Waals surface area contributed by atoms with Crippen LogP contribution in [0.5, 0.6) is 0 Å². The first-order valence-electron chi connectivity index (χ1n) is 4.12. The van der Waals surface area contributed by atoms with E-state index < -0.39 is 0 Å². The van der Waals surface area contributed by atoms with E-state index in [1.807, 2.05) is 18.4 Å². The Balaban J connectivity index is 2.91. The number of nitrogens with one attached hydrogen (secondary N) is 1. The zero-order chi connectivity index (χ0) is 9.14. The largest absolute Gasteiger partial charge is 0.312 e. The molecular weight excluding hydrogens is 234 g/mol. The van der Waals surface area contributed by atoms with Crippen molar-refractivity contribution in [3.05, 3.63) is 20.3 Å². The van der Waals surface area contributed by atoms with Crippen LogP contribution in [-0.2, 0) is 0 Å². The van der Waals surface area contributed by atoms with Crippen molar-refractivity contribution in [3.8, 4) is 0 Å². The standard InChI is InChI=1S/C9H14BrNS/c1-4-8(11-3)9-7(10)5-6(2)12-9/h5,8,11H,4H2,1-3H3. The minimum Gasteiger partial charge on any atom is -0.312 e. The second-order valence-corrected chi connectivity index (χ2v) is 4.96. The van der Waals surface area contributed by atoms with Crippen LogP contribution in [0.1, 0.15) is 29.1 Å². The van der Waals surface area contributed by atoms with Gasteiger partial charge in [-0.3, -0.25) is 0 Å². The van der Waals surface area contributed by atoms with E-state index in [1.54, 1.807) is 0 Å². The Morgan fingerprint density at radius 2 is 2.33 bits per heavy atom. The van der Waals surface area contributed by atoms with E-state index in [1.165, 1.54) is 14.2 Å². The van der Waals surface area contributed by atoms with Crippen molar-refractivity contribution in [3.63, 3.8) is 0 Å². The molecule has 1 unspecified atom stereocenters. The van der Waals surface area contributed by atoms with Gasteiger partial charge >= 0.3 is 0 Å². The summed E-state index contributed by atoms with van der Waals surface area (Å²) < 4.78 is 1.24. The molecular formula is C9H14BrNS. The molecule has 1 aromatic rings. The Bertz CT molecular complexity index is 253. The molecule has 0 radical (unpaired) electrons. The first-order chi connectivity index (χ1) is 5.69. The van der Waals surface area contributed by atoms with Gasteiger partial charge in [0.25, 0.3) is 0 Å². The number of hydrogen-bond acceptors (Lipinski definition) is 2. The van der Waals surface area contributed by atoms with Gasteiger partial charge in [-0.1, -0.05) is 6.92 Å². The normalized spacial score (nSPS) is 13.3. The molecule has 3 heteroatoms. The molecule has 0 spiro atoms. The second kappa shape index (κ2) is 4.40. The van der Waals surface area contributed by atoms with E-state index in [-0.39, 0.29) is 0 Å². The van der Waals surface area contributed by atoms with Crippen molar-refractivity contribution in [1.82, 2.24) is 5.32 Å². The number of aryl methyl sites for hydroxylation is 1. The van der Waals surface area contributed by atoms with Crippen molar-refractivity contribution in [2.75, 3.05) is 7.05 Å². The summed E-state index contributed by atoms with van der Waals surface area (Å²) >= 11 is 5.43. The van der Waals surface area contributed by atoms with Crippen LogP contribution in [0.4, 0.5) is 0 Å². The van der Waals surface area contributed by atoms with Gasteiger partial charge in [-0.25, -0.2) is 0 Å². The SMILES string of the molecule is CCC(NC)c1sc(C)cc1Br. The van der Waals surface area contributed by atoms with Gasteiger partial charge in [-0.15, -0.1) is 11.3 Å². The number of halogens is 1. The van der Waals surface area contributed by atoms with Gasteiger partial charge in [0.1, 0.15) is 0 Å². The van der Waals surface area contributed by atoms with Crippen molar-refractivity contribution < 1.29 is 0 Å². The van der Waals surface area contributed by atoms with Gasteiger partial charge in [0, 0.05) is 20.3 Å². The first kappa shape index (κ1) is 10.2. The predicted molar refractivity (Wildman–Crippen MR) is 58.8 cm³/mol. The molecule has 1 atom stereocenters. The molecule has 12 heavy (non-hydrogen) atoms. The highest BCUT2D eigenvalue weighted by Crippen LogP contribution is 2.33. The maximum atomic E-state index is 3.57. The summed E-state index contributed by atoms with van der Waals surface area (Å²) in [6.45, 7) is 4.34. The predicted octanol–water partition coefficient (Wildman–Crippen LogP) is 3.49. The highest BCUT2D eigenvalue weighted by atomic mass is 79.9. The van der Waals surface area contributed by atoms with Gasteiger partial charge in [0.15, 0.2) is 0 Å². The van der Waals surface area contributed by atoms with Gasteiger partial charge in [-0.2, -0.15) is 0 Å². The van der Waals surface area contributed by atoms with Crippen LogP contribution in [0, 0.1) is 6.92 Å². The molecule has 1 N–H and O–H groups in total. The van der Waals surface area contributed by atoms with Crippen LogP contribution >= 0.6 is 27.3 Å². The van der Waals surface area contributed by atoms with Crippen molar-refractivity contribution in [1.29, 1.82) is 0 Å². The Hall–Kier alpha value is 0.140. The lowest BCUT2D eigenvalue weighted by Crippen LogP contribution is -2.14. The molecule has 0 saturated heterocycles. The summed E-state index contributed by atoms with van der Waals surface area (Å²) in [4.78, 5) is 2.78. The van der Waals surface area contributed by atoms with Crippen LogP contribution in [0.15, 0.2) is 10.5 Å². The van der Waals surface area contributed by atoms with Crippen LogP contribution < -0.4 is 5.32 Å². The third-order valence-corrected chi connectivity index (χ3v) is 3.99. The van der Waals surface area contributed by atoms with E-state index in [0.717, 1.165) is 6.42 Å². The zero-order valence-electron chi connectivity index (χ0n) is 7.65. The fourth-order valence-electron chi connectivity index (χ4n) is 1.26. The molecule has 1 nitrogen and oxygen atoms in total. The van der Waals surface area contributed by atoms with Gasteiger partial charge in [0.2, 0.25) is 0 Å². The molecule has 0 fully saturated rings. The minimum atomic E-state index is 0.498. The zero-order valence-corrected chi connectivity index (χ0v) is 10.1. The van der Waals surface area contributed by atoms with Crippen molar-refractivity contribution in [2.45, 2.75) is 26.3 Å². The lowest BCUT2D eigenvalue weighted by Gasteiger charge is -2.11. The molecule has 0 aliphatic carbocycles. The topological polar surface area (TPSA) is 12.0 Å². The average molecular weight is 248 g/mol. The molecule has 0 saturated carbocycles. The third kappa shape index (κ3) is 2.09. The molecule has 0 bridgehead atoms. The summed E-state index contributed by atoms with van der Waals surface area (Å²) in [5.74, 6) is 0. The van der Waals surface area contributed by atoms with Gasteiger partial charge in [-0.05, 0) is 42.4 Å². The van der Waals surface area contributed by atoms with Crippen LogP contribution in [-0.4, -0.2) is 7.05 Å². The van der Waals surface area contributed by atoms with Crippen molar-refractivity contribution in [2.24, 2.45) is 0 Å². The maximum absolute atomic E-state index is 3.57. The molecule has 0 amide bonds. The average Bonchev–Trinajstić information content (AvgIpc) is 2.34. The summed E-state index contributed by atoms with van der Waals surface area (Å²) in [5, 5.41) is 3.30. The highest BCUT2D eigenvalue weighted by molar-refractivity contribution is 9.10. The molecule has 1 aromatic heterocycles. The van der Waals surface area contributed by atoms with Crippen LogP contribution in [0.25, 0.3) is 0 Å². The fraction of sp³-hybridized carbons (Fsp3) is 0.556. The smallest absolute Gasteiger partial charge is 0.0421 e. The highest BCUT2D eigenvalue weighted by Gasteiger charge is 2.12. The molecule has 1 heterocycles. The summed E-state index contributed by atoms with van der Waals surface area (Å²) in [6.07, 6.45) is 1.13.